The molecule has 1 aliphatic heterocycles. The summed E-state index contributed by atoms with van der Waals surface area (Å²) in [6.07, 6.45) is 4.25. The van der Waals surface area contributed by atoms with Crippen LogP contribution in [-0.4, -0.2) is 38.8 Å². The van der Waals surface area contributed by atoms with Crippen molar-refractivity contribution in [2.24, 2.45) is 0 Å². The Morgan fingerprint density at radius 2 is 1.69 bits per heavy atom. The summed E-state index contributed by atoms with van der Waals surface area (Å²) in [6, 6.07) is 12.4. The first-order valence-electron chi connectivity index (χ1n) is 10.1. The van der Waals surface area contributed by atoms with Gasteiger partial charge in [-0.15, -0.1) is 11.3 Å². The number of thiophene rings is 1. The third-order valence-corrected chi connectivity index (χ3v) is 6.70. The van der Waals surface area contributed by atoms with Gasteiger partial charge < -0.3 is 5.32 Å². The molecule has 7 heteroatoms. The van der Waals surface area contributed by atoms with E-state index >= 15 is 0 Å². The lowest BCUT2D eigenvalue weighted by atomic mass is 9.90. The molecular weight excluding hydrogens is 384 g/mol. The van der Waals surface area contributed by atoms with E-state index in [1.165, 1.54) is 4.90 Å². The first-order chi connectivity index (χ1) is 14.2. The molecule has 0 bridgehead atoms. The highest BCUT2D eigenvalue weighted by Gasteiger charge is 2.36. The largest absolute Gasteiger partial charge is 0.367 e. The van der Waals surface area contributed by atoms with Gasteiger partial charge >= 0.3 is 0 Å². The molecule has 2 fully saturated rings. The molecule has 0 radical (unpaired) electrons. The number of aromatic nitrogens is 2. The average Bonchev–Trinajstić information content (AvgIpc) is 3.39. The van der Waals surface area contributed by atoms with Crippen molar-refractivity contribution in [3.63, 3.8) is 0 Å². The van der Waals surface area contributed by atoms with Gasteiger partial charge in [0.15, 0.2) is 5.82 Å². The molecule has 3 heterocycles. The van der Waals surface area contributed by atoms with Crippen molar-refractivity contribution >= 4 is 39.9 Å². The SMILES string of the molecule is O=C1CCC(=O)N1C1CCC(Nc2nc(-c3cccs3)nc3ccccc23)CC1. The van der Waals surface area contributed by atoms with E-state index in [9.17, 15) is 9.59 Å². The van der Waals surface area contributed by atoms with Crippen LogP contribution < -0.4 is 5.32 Å². The third-order valence-electron chi connectivity index (χ3n) is 5.84. The Labute approximate surface area is 173 Å². The molecule has 29 heavy (non-hydrogen) atoms. The van der Waals surface area contributed by atoms with Crippen LogP contribution in [0, 0.1) is 0 Å². The van der Waals surface area contributed by atoms with Gasteiger partial charge in [0.2, 0.25) is 11.8 Å². The summed E-state index contributed by atoms with van der Waals surface area (Å²) in [5.41, 5.74) is 0.926. The first kappa shape index (κ1) is 18.2. The van der Waals surface area contributed by atoms with Crippen LogP contribution in [0.15, 0.2) is 41.8 Å². The average molecular weight is 407 g/mol. The fraction of sp³-hybridized carbons (Fsp3) is 0.364. The highest BCUT2D eigenvalue weighted by atomic mass is 32.1. The quantitative estimate of drug-likeness (QED) is 0.656. The van der Waals surface area contributed by atoms with Crippen LogP contribution in [0.3, 0.4) is 0 Å². The minimum atomic E-state index is -0.00575. The van der Waals surface area contributed by atoms with Crippen molar-refractivity contribution in [1.29, 1.82) is 0 Å². The Hall–Kier alpha value is -2.80. The van der Waals surface area contributed by atoms with E-state index in [-0.39, 0.29) is 23.9 Å². The van der Waals surface area contributed by atoms with Crippen molar-refractivity contribution in [3.05, 3.63) is 41.8 Å². The lowest BCUT2D eigenvalue weighted by Crippen LogP contribution is -2.43. The van der Waals surface area contributed by atoms with Crippen LogP contribution >= 0.6 is 11.3 Å². The second-order valence-corrected chi connectivity index (χ2v) is 8.65. The summed E-state index contributed by atoms with van der Waals surface area (Å²) < 4.78 is 0. The number of rotatable bonds is 4. The van der Waals surface area contributed by atoms with Crippen molar-refractivity contribution in [1.82, 2.24) is 14.9 Å². The lowest BCUT2D eigenvalue weighted by molar-refractivity contribution is -0.141. The molecule has 2 amide bonds. The fourth-order valence-corrected chi connectivity index (χ4v) is 5.03. The number of hydrogen-bond acceptors (Lipinski definition) is 6. The maximum Gasteiger partial charge on any atom is 0.229 e. The zero-order valence-corrected chi connectivity index (χ0v) is 16.8. The number of nitrogens with zero attached hydrogens (tertiary/aromatic N) is 3. The number of para-hydroxylation sites is 1. The summed E-state index contributed by atoms with van der Waals surface area (Å²) >= 11 is 1.63. The second kappa shape index (κ2) is 7.55. The summed E-state index contributed by atoms with van der Waals surface area (Å²) in [7, 11) is 0. The Kier molecular flexibility index (Phi) is 4.75. The molecule has 0 atom stereocenters. The summed E-state index contributed by atoms with van der Waals surface area (Å²) in [6.45, 7) is 0. The molecule has 1 aromatic carbocycles. The van der Waals surface area contributed by atoms with E-state index in [1.807, 2.05) is 41.8 Å². The Morgan fingerprint density at radius 1 is 0.931 bits per heavy atom. The zero-order valence-electron chi connectivity index (χ0n) is 16.0. The van der Waals surface area contributed by atoms with E-state index in [4.69, 9.17) is 9.97 Å². The molecule has 1 saturated heterocycles. The first-order valence-corrected chi connectivity index (χ1v) is 11.0. The van der Waals surface area contributed by atoms with Crippen molar-refractivity contribution in [2.45, 2.75) is 50.6 Å². The number of imide groups is 1. The monoisotopic (exact) mass is 406 g/mol. The summed E-state index contributed by atoms with van der Waals surface area (Å²) in [5, 5.41) is 6.67. The molecule has 148 valence electrons. The van der Waals surface area contributed by atoms with Crippen LogP contribution in [0.1, 0.15) is 38.5 Å². The van der Waals surface area contributed by atoms with Gasteiger partial charge in [-0.2, -0.15) is 0 Å². The highest BCUT2D eigenvalue weighted by molar-refractivity contribution is 7.13. The molecule has 0 spiro atoms. The van der Waals surface area contributed by atoms with Gasteiger partial charge in [-0.3, -0.25) is 14.5 Å². The Balaban J connectivity index is 1.36. The molecule has 0 unspecified atom stereocenters. The van der Waals surface area contributed by atoms with Crippen molar-refractivity contribution < 1.29 is 9.59 Å². The van der Waals surface area contributed by atoms with Crippen LogP contribution in [-0.2, 0) is 9.59 Å². The molecule has 2 aliphatic rings. The Bertz CT molecular complexity index is 1040. The lowest BCUT2D eigenvalue weighted by Gasteiger charge is -2.34. The smallest absolute Gasteiger partial charge is 0.229 e. The van der Waals surface area contributed by atoms with E-state index in [0.29, 0.717) is 12.8 Å². The molecule has 2 aromatic heterocycles. The number of anilines is 1. The normalized spacial score (nSPS) is 22.4. The second-order valence-electron chi connectivity index (χ2n) is 7.70. The Morgan fingerprint density at radius 3 is 2.41 bits per heavy atom. The number of carbonyl (C=O) groups excluding carboxylic acids is 2. The molecule has 6 nitrogen and oxygen atoms in total. The predicted molar refractivity (Wildman–Crippen MR) is 114 cm³/mol. The molecule has 3 aromatic rings. The molecule has 1 N–H and O–H groups in total. The van der Waals surface area contributed by atoms with Gasteiger partial charge in [0.1, 0.15) is 5.82 Å². The van der Waals surface area contributed by atoms with E-state index in [0.717, 1.165) is 53.1 Å². The van der Waals surface area contributed by atoms with Crippen LogP contribution in [0.25, 0.3) is 21.6 Å². The summed E-state index contributed by atoms with van der Waals surface area (Å²) in [4.78, 5) is 36.2. The van der Waals surface area contributed by atoms with E-state index in [2.05, 4.69) is 5.32 Å². The number of hydrogen-bond donors (Lipinski definition) is 1. The van der Waals surface area contributed by atoms with Gasteiger partial charge in [-0.05, 0) is 49.3 Å². The van der Waals surface area contributed by atoms with Crippen molar-refractivity contribution in [2.75, 3.05) is 5.32 Å². The molecular formula is C22H22N4O2S. The third kappa shape index (κ3) is 3.51. The van der Waals surface area contributed by atoms with Gasteiger partial charge in [0.25, 0.3) is 0 Å². The van der Waals surface area contributed by atoms with Crippen LogP contribution in [0.5, 0.6) is 0 Å². The van der Waals surface area contributed by atoms with Gasteiger partial charge in [-0.1, -0.05) is 18.2 Å². The minimum absolute atomic E-state index is 0.00575. The van der Waals surface area contributed by atoms with E-state index < -0.39 is 0 Å². The standard InChI is InChI=1S/C22H22N4O2S/c27-19-11-12-20(28)26(19)15-9-7-14(8-10-15)23-21-16-4-1-2-5-17(16)24-22(25-21)18-6-3-13-29-18/h1-6,13-15H,7-12H2,(H,23,24,25). The molecule has 1 saturated carbocycles. The maximum absolute atomic E-state index is 12.0. The van der Waals surface area contributed by atoms with E-state index in [1.54, 1.807) is 11.3 Å². The number of benzene rings is 1. The number of fused-ring (bicyclic) bond motifs is 1. The number of carbonyl (C=O) groups is 2. The molecule has 1 aliphatic carbocycles. The number of likely N-dealkylation sites (tertiary alicyclic amines) is 1. The van der Waals surface area contributed by atoms with Gasteiger partial charge in [0, 0.05) is 30.3 Å². The predicted octanol–water partition coefficient (Wildman–Crippen LogP) is 4.23. The summed E-state index contributed by atoms with van der Waals surface area (Å²) in [5.74, 6) is 1.58. The van der Waals surface area contributed by atoms with Crippen molar-refractivity contribution in [3.8, 4) is 10.7 Å². The topological polar surface area (TPSA) is 75.2 Å². The minimum Gasteiger partial charge on any atom is -0.367 e. The maximum atomic E-state index is 12.0. The fourth-order valence-electron chi connectivity index (χ4n) is 4.38. The molecule has 5 rings (SSSR count). The van der Waals surface area contributed by atoms with Crippen LogP contribution in [0.4, 0.5) is 5.82 Å². The highest BCUT2D eigenvalue weighted by Crippen LogP contribution is 2.32. The van der Waals surface area contributed by atoms with Gasteiger partial charge in [-0.25, -0.2) is 9.97 Å². The van der Waals surface area contributed by atoms with Crippen LogP contribution in [0.2, 0.25) is 0 Å². The zero-order chi connectivity index (χ0) is 19.8. The van der Waals surface area contributed by atoms with Gasteiger partial charge in [0.05, 0.1) is 10.4 Å². The number of amides is 2. The number of nitrogens with one attached hydrogen (secondary N) is 1.